The van der Waals surface area contributed by atoms with Gasteiger partial charge < -0.3 is 10.4 Å². The molecule has 0 aromatic heterocycles. The highest BCUT2D eigenvalue weighted by molar-refractivity contribution is 5.81. The Bertz CT molecular complexity index is 269. The molecule has 0 saturated carbocycles. The molecule has 4 heteroatoms. The lowest BCUT2D eigenvalue weighted by atomic mass is 9.95. The first kappa shape index (κ1) is 15.4. The van der Waals surface area contributed by atoms with E-state index in [0.29, 0.717) is 18.4 Å². The molecule has 1 aliphatic rings. The Labute approximate surface area is 111 Å². The molecule has 1 heterocycles. The van der Waals surface area contributed by atoms with Crippen molar-refractivity contribution in [1.29, 1.82) is 0 Å². The van der Waals surface area contributed by atoms with E-state index in [2.05, 4.69) is 31.0 Å². The predicted octanol–water partition coefficient (Wildman–Crippen LogP) is 1.24. The zero-order valence-electron chi connectivity index (χ0n) is 12.1. The van der Waals surface area contributed by atoms with Gasteiger partial charge >= 0.3 is 0 Å². The van der Waals surface area contributed by atoms with Crippen LogP contribution in [-0.2, 0) is 4.79 Å². The van der Waals surface area contributed by atoms with Crippen molar-refractivity contribution in [1.82, 2.24) is 10.2 Å². The molecule has 3 atom stereocenters. The Morgan fingerprint density at radius 1 is 1.44 bits per heavy atom. The molecular weight excluding hydrogens is 228 g/mol. The van der Waals surface area contributed by atoms with Crippen LogP contribution in [0.5, 0.6) is 0 Å². The maximum Gasteiger partial charge on any atom is 0.237 e. The molecule has 18 heavy (non-hydrogen) atoms. The number of nitrogens with one attached hydrogen (secondary N) is 1. The highest BCUT2D eigenvalue weighted by atomic mass is 16.3. The Balaban J connectivity index is 2.34. The SMILES string of the molecule is CC(C)CCNC(=O)C(C)N1CCC(C)C(O)C1. The van der Waals surface area contributed by atoms with Gasteiger partial charge in [-0.15, -0.1) is 0 Å². The zero-order chi connectivity index (χ0) is 13.7. The topological polar surface area (TPSA) is 52.6 Å². The fourth-order valence-electron chi connectivity index (χ4n) is 2.22. The molecular formula is C14H28N2O2. The maximum absolute atomic E-state index is 12.0. The van der Waals surface area contributed by atoms with Crippen molar-refractivity contribution in [2.75, 3.05) is 19.6 Å². The molecule has 1 fully saturated rings. The number of piperidine rings is 1. The van der Waals surface area contributed by atoms with E-state index in [0.717, 1.165) is 25.9 Å². The number of aliphatic hydroxyl groups excluding tert-OH is 1. The van der Waals surface area contributed by atoms with E-state index in [1.54, 1.807) is 0 Å². The summed E-state index contributed by atoms with van der Waals surface area (Å²) >= 11 is 0. The van der Waals surface area contributed by atoms with Gasteiger partial charge in [0.25, 0.3) is 0 Å². The van der Waals surface area contributed by atoms with Crippen LogP contribution in [0.15, 0.2) is 0 Å². The van der Waals surface area contributed by atoms with Crippen LogP contribution in [0.4, 0.5) is 0 Å². The molecule has 0 aromatic rings. The van der Waals surface area contributed by atoms with Crippen molar-refractivity contribution >= 4 is 5.91 Å². The minimum absolute atomic E-state index is 0.0809. The van der Waals surface area contributed by atoms with Gasteiger partial charge in [-0.05, 0) is 38.1 Å². The zero-order valence-corrected chi connectivity index (χ0v) is 12.1. The third kappa shape index (κ3) is 4.58. The van der Waals surface area contributed by atoms with Crippen LogP contribution in [0.1, 0.15) is 40.5 Å². The molecule has 0 radical (unpaired) electrons. The molecule has 2 N–H and O–H groups in total. The molecule has 0 aromatic carbocycles. The highest BCUT2D eigenvalue weighted by Crippen LogP contribution is 2.18. The predicted molar refractivity (Wildman–Crippen MR) is 73.3 cm³/mol. The summed E-state index contributed by atoms with van der Waals surface area (Å²) in [4.78, 5) is 14.1. The van der Waals surface area contributed by atoms with Gasteiger partial charge in [0.2, 0.25) is 5.91 Å². The van der Waals surface area contributed by atoms with Crippen molar-refractivity contribution in [2.24, 2.45) is 11.8 Å². The molecule has 1 saturated heterocycles. The molecule has 4 nitrogen and oxygen atoms in total. The van der Waals surface area contributed by atoms with Crippen LogP contribution in [0, 0.1) is 11.8 Å². The summed E-state index contributed by atoms with van der Waals surface area (Å²) < 4.78 is 0. The fourth-order valence-corrected chi connectivity index (χ4v) is 2.22. The van der Waals surface area contributed by atoms with Crippen LogP contribution in [0.2, 0.25) is 0 Å². The van der Waals surface area contributed by atoms with Crippen LogP contribution in [0.3, 0.4) is 0 Å². The number of hydrogen-bond donors (Lipinski definition) is 2. The third-order valence-corrected chi connectivity index (χ3v) is 3.90. The lowest BCUT2D eigenvalue weighted by molar-refractivity contribution is -0.127. The largest absolute Gasteiger partial charge is 0.392 e. The summed E-state index contributed by atoms with van der Waals surface area (Å²) in [6.45, 7) is 10.5. The van der Waals surface area contributed by atoms with Crippen LogP contribution < -0.4 is 5.32 Å². The number of aliphatic hydroxyl groups is 1. The maximum atomic E-state index is 12.0. The van der Waals surface area contributed by atoms with Crippen LogP contribution in [0.25, 0.3) is 0 Å². The Kier molecular flexibility index (Phi) is 6.09. The first-order chi connectivity index (χ1) is 8.41. The summed E-state index contributed by atoms with van der Waals surface area (Å²) in [6, 6.07) is -0.140. The number of rotatable bonds is 5. The van der Waals surface area contributed by atoms with Crippen molar-refractivity contribution in [2.45, 2.75) is 52.7 Å². The van der Waals surface area contributed by atoms with E-state index in [1.165, 1.54) is 0 Å². The standard InChI is InChI=1S/C14H28N2O2/c1-10(2)5-7-15-14(18)12(4)16-8-6-11(3)13(17)9-16/h10-13,17H,5-9H2,1-4H3,(H,15,18). The van der Waals surface area contributed by atoms with Gasteiger partial charge in [0.1, 0.15) is 0 Å². The number of amides is 1. The molecule has 0 bridgehead atoms. The van der Waals surface area contributed by atoms with Crippen molar-refractivity contribution in [3.63, 3.8) is 0 Å². The van der Waals surface area contributed by atoms with Gasteiger partial charge in [-0.3, -0.25) is 9.69 Å². The monoisotopic (exact) mass is 256 g/mol. The summed E-state index contributed by atoms with van der Waals surface area (Å²) in [6.07, 6.45) is 1.67. The van der Waals surface area contributed by atoms with Crippen molar-refractivity contribution in [3.05, 3.63) is 0 Å². The second kappa shape index (κ2) is 7.10. The first-order valence-corrected chi connectivity index (χ1v) is 7.11. The summed E-state index contributed by atoms with van der Waals surface area (Å²) in [5.41, 5.74) is 0. The van der Waals surface area contributed by atoms with Crippen LogP contribution >= 0.6 is 0 Å². The van der Waals surface area contributed by atoms with Crippen molar-refractivity contribution < 1.29 is 9.90 Å². The quantitative estimate of drug-likeness (QED) is 0.778. The number of likely N-dealkylation sites (tertiary alicyclic amines) is 1. The molecule has 1 aliphatic heterocycles. The second-order valence-corrected chi connectivity index (χ2v) is 5.98. The lowest BCUT2D eigenvalue weighted by Gasteiger charge is -2.37. The van der Waals surface area contributed by atoms with E-state index in [9.17, 15) is 9.90 Å². The molecule has 3 unspecified atom stereocenters. The number of nitrogens with zero attached hydrogens (tertiary/aromatic N) is 1. The number of carbonyl (C=O) groups is 1. The number of carbonyl (C=O) groups excluding carboxylic acids is 1. The van der Waals surface area contributed by atoms with E-state index < -0.39 is 0 Å². The summed E-state index contributed by atoms with van der Waals surface area (Å²) in [5, 5.41) is 12.8. The smallest absolute Gasteiger partial charge is 0.237 e. The van der Waals surface area contributed by atoms with Gasteiger partial charge in [-0.2, -0.15) is 0 Å². The molecule has 106 valence electrons. The average Bonchev–Trinajstić information content (AvgIpc) is 2.31. The van der Waals surface area contributed by atoms with Crippen molar-refractivity contribution in [3.8, 4) is 0 Å². The average molecular weight is 256 g/mol. The Morgan fingerprint density at radius 2 is 2.11 bits per heavy atom. The fraction of sp³-hybridized carbons (Fsp3) is 0.929. The van der Waals surface area contributed by atoms with Gasteiger partial charge in [-0.25, -0.2) is 0 Å². The molecule has 0 spiro atoms. The van der Waals surface area contributed by atoms with Gasteiger partial charge in [0.15, 0.2) is 0 Å². The molecule has 0 aliphatic carbocycles. The summed E-state index contributed by atoms with van der Waals surface area (Å²) in [7, 11) is 0. The van der Waals surface area contributed by atoms with Gasteiger partial charge in [-0.1, -0.05) is 20.8 Å². The third-order valence-electron chi connectivity index (χ3n) is 3.90. The van der Waals surface area contributed by atoms with E-state index in [1.807, 2.05) is 6.92 Å². The minimum Gasteiger partial charge on any atom is -0.392 e. The van der Waals surface area contributed by atoms with Gasteiger partial charge in [0, 0.05) is 13.1 Å². The highest BCUT2D eigenvalue weighted by Gasteiger charge is 2.29. The molecule has 1 rings (SSSR count). The number of hydrogen-bond acceptors (Lipinski definition) is 3. The minimum atomic E-state index is -0.301. The number of β-amino-alcohol motifs (C(OH)–C–C–N with tert-alkyl or cyclic N) is 1. The van der Waals surface area contributed by atoms with Crippen LogP contribution in [-0.4, -0.2) is 47.7 Å². The van der Waals surface area contributed by atoms with E-state index >= 15 is 0 Å². The van der Waals surface area contributed by atoms with E-state index in [4.69, 9.17) is 0 Å². The molecule has 1 amide bonds. The Morgan fingerprint density at radius 3 is 2.67 bits per heavy atom. The van der Waals surface area contributed by atoms with Gasteiger partial charge in [0.05, 0.1) is 12.1 Å². The second-order valence-electron chi connectivity index (χ2n) is 5.98. The first-order valence-electron chi connectivity index (χ1n) is 7.11. The summed E-state index contributed by atoms with van der Waals surface area (Å²) in [5.74, 6) is 1.04. The van der Waals surface area contributed by atoms with E-state index in [-0.39, 0.29) is 18.1 Å². The lowest BCUT2D eigenvalue weighted by Crippen LogP contribution is -2.52. The normalized spacial score (nSPS) is 27.2. The Hall–Kier alpha value is -0.610.